The van der Waals surface area contributed by atoms with Crippen LogP contribution >= 0.6 is 11.8 Å². The standard InChI is InChI=1S/C13H21N3OS/c1-13(10-17,16-11-3-4-11)5-2-8-18-12-9-14-6-7-15-12/h6-7,9,11,16-17H,2-5,8,10H2,1H3. The lowest BCUT2D eigenvalue weighted by atomic mass is 9.97. The number of aromatic nitrogens is 2. The molecule has 1 aromatic heterocycles. The molecule has 5 heteroatoms. The Hall–Kier alpha value is -0.650. The summed E-state index contributed by atoms with van der Waals surface area (Å²) in [5, 5.41) is 14.0. The Morgan fingerprint density at radius 1 is 1.50 bits per heavy atom. The fourth-order valence-electron chi connectivity index (χ4n) is 1.92. The molecular formula is C13H21N3OS. The lowest BCUT2D eigenvalue weighted by Crippen LogP contribution is -2.46. The van der Waals surface area contributed by atoms with Gasteiger partial charge in [-0.05, 0) is 38.4 Å². The lowest BCUT2D eigenvalue weighted by Gasteiger charge is -2.29. The third kappa shape index (κ3) is 4.55. The summed E-state index contributed by atoms with van der Waals surface area (Å²) >= 11 is 1.72. The predicted octanol–water partition coefficient (Wildman–Crippen LogP) is 1.85. The highest BCUT2D eigenvalue weighted by Crippen LogP contribution is 2.25. The van der Waals surface area contributed by atoms with Gasteiger partial charge in [-0.2, -0.15) is 0 Å². The highest BCUT2D eigenvalue weighted by molar-refractivity contribution is 7.99. The second-order valence-corrected chi connectivity index (χ2v) is 6.25. The Balaban J connectivity index is 1.67. The molecule has 1 fully saturated rings. The van der Waals surface area contributed by atoms with E-state index in [9.17, 15) is 5.11 Å². The second kappa shape index (κ2) is 6.50. The first-order chi connectivity index (χ1) is 8.72. The molecule has 0 spiro atoms. The van der Waals surface area contributed by atoms with E-state index in [-0.39, 0.29) is 12.1 Å². The zero-order valence-electron chi connectivity index (χ0n) is 10.8. The van der Waals surface area contributed by atoms with Gasteiger partial charge in [0.25, 0.3) is 0 Å². The van der Waals surface area contributed by atoms with Crippen molar-refractivity contribution < 1.29 is 5.11 Å². The molecule has 1 heterocycles. The van der Waals surface area contributed by atoms with Gasteiger partial charge in [0.05, 0.1) is 12.8 Å². The van der Waals surface area contributed by atoms with Gasteiger partial charge < -0.3 is 10.4 Å². The monoisotopic (exact) mass is 267 g/mol. The van der Waals surface area contributed by atoms with E-state index in [1.807, 2.05) is 0 Å². The van der Waals surface area contributed by atoms with Crippen LogP contribution in [-0.2, 0) is 0 Å². The summed E-state index contributed by atoms with van der Waals surface area (Å²) in [6.45, 7) is 2.32. The maximum absolute atomic E-state index is 9.49. The predicted molar refractivity (Wildman–Crippen MR) is 73.6 cm³/mol. The highest BCUT2D eigenvalue weighted by Gasteiger charge is 2.31. The average Bonchev–Trinajstić information content (AvgIpc) is 3.20. The smallest absolute Gasteiger partial charge is 0.114 e. The third-order valence-electron chi connectivity index (χ3n) is 3.14. The zero-order valence-corrected chi connectivity index (χ0v) is 11.6. The summed E-state index contributed by atoms with van der Waals surface area (Å²) in [6.07, 6.45) is 9.76. The molecule has 0 amide bonds. The fourth-order valence-corrected chi connectivity index (χ4v) is 2.68. The van der Waals surface area contributed by atoms with E-state index in [2.05, 4.69) is 22.2 Å². The van der Waals surface area contributed by atoms with Crippen molar-refractivity contribution in [2.75, 3.05) is 12.4 Å². The third-order valence-corrected chi connectivity index (χ3v) is 4.14. The van der Waals surface area contributed by atoms with Crippen LogP contribution in [-0.4, -0.2) is 39.0 Å². The summed E-state index contributed by atoms with van der Waals surface area (Å²) < 4.78 is 0. The van der Waals surface area contributed by atoms with Crippen LogP contribution in [0, 0.1) is 0 Å². The van der Waals surface area contributed by atoms with Crippen LogP contribution in [0.4, 0.5) is 0 Å². The number of nitrogens with zero attached hydrogens (tertiary/aromatic N) is 2. The molecule has 1 aliphatic carbocycles. The van der Waals surface area contributed by atoms with Crippen LogP contribution in [0.5, 0.6) is 0 Å². The maximum atomic E-state index is 9.49. The number of aliphatic hydroxyl groups excluding tert-OH is 1. The molecule has 0 bridgehead atoms. The normalized spacial score (nSPS) is 18.6. The summed E-state index contributed by atoms with van der Waals surface area (Å²) in [6, 6.07) is 0.634. The van der Waals surface area contributed by atoms with Crippen LogP contribution < -0.4 is 5.32 Å². The maximum Gasteiger partial charge on any atom is 0.114 e. The largest absolute Gasteiger partial charge is 0.394 e. The van der Waals surface area contributed by atoms with Crippen LogP contribution in [0.3, 0.4) is 0 Å². The summed E-state index contributed by atoms with van der Waals surface area (Å²) in [5.41, 5.74) is -0.121. The first kappa shape index (κ1) is 13.8. The van der Waals surface area contributed by atoms with Crippen molar-refractivity contribution in [1.82, 2.24) is 15.3 Å². The van der Waals surface area contributed by atoms with Gasteiger partial charge in [-0.25, -0.2) is 4.98 Å². The van der Waals surface area contributed by atoms with E-state index in [0.717, 1.165) is 23.6 Å². The Labute approximate surface area is 113 Å². The molecule has 1 unspecified atom stereocenters. The fraction of sp³-hybridized carbons (Fsp3) is 0.692. The first-order valence-corrected chi connectivity index (χ1v) is 7.48. The van der Waals surface area contributed by atoms with Gasteiger partial charge in [0.2, 0.25) is 0 Å². The Morgan fingerprint density at radius 2 is 2.33 bits per heavy atom. The van der Waals surface area contributed by atoms with Crippen molar-refractivity contribution in [3.8, 4) is 0 Å². The Bertz CT molecular complexity index is 359. The van der Waals surface area contributed by atoms with Gasteiger partial charge in [0.1, 0.15) is 5.03 Å². The molecule has 1 aliphatic rings. The average molecular weight is 267 g/mol. The van der Waals surface area contributed by atoms with Crippen molar-refractivity contribution in [3.63, 3.8) is 0 Å². The van der Waals surface area contributed by atoms with Gasteiger partial charge in [-0.15, -0.1) is 11.8 Å². The van der Waals surface area contributed by atoms with E-state index < -0.39 is 0 Å². The quantitative estimate of drug-likeness (QED) is 0.556. The van der Waals surface area contributed by atoms with Gasteiger partial charge in [0.15, 0.2) is 0 Å². The van der Waals surface area contributed by atoms with Gasteiger partial charge >= 0.3 is 0 Å². The summed E-state index contributed by atoms with van der Waals surface area (Å²) in [4.78, 5) is 8.27. The number of thioether (sulfide) groups is 1. The molecule has 100 valence electrons. The van der Waals surface area contributed by atoms with Crippen molar-refractivity contribution >= 4 is 11.8 Å². The second-order valence-electron chi connectivity index (χ2n) is 5.13. The number of rotatable bonds is 8. The molecule has 0 aromatic carbocycles. The minimum Gasteiger partial charge on any atom is -0.394 e. The van der Waals surface area contributed by atoms with Crippen molar-refractivity contribution in [3.05, 3.63) is 18.6 Å². The molecule has 18 heavy (non-hydrogen) atoms. The summed E-state index contributed by atoms with van der Waals surface area (Å²) in [5.74, 6) is 1.01. The van der Waals surface area contributed by atoms with E-state index in [4.69, 9.17) is 0 Å². The summed E-state index contributed by atoms with van der Waals surface area (Å²) in [7, 11) is 0. The minimum absolute atomic E-state index is 0.121. The van der Waals surface area contributed by atoms with Crippen LogP contribution in [0.25, 0.3) is 0 Å². The number of hydrogen-bond donors (Lipinski definition) is 2. The lowest BCUT2D eigenvalue weighted by molar-refractivity contribution is 0.163. The molecule has 2 N–H and O–H groups in total. The number of hydrogen-bond acceptors (Lipinski definition) is 5. The Morgan fingerprint density at radius 3 is 2.94 bits per heavy atom. The zero-order chi connectivity index (χ0) is 12.8. The van der Waals surface area contributed by atoms with E-state index in [1.54, 1.807) is 30.4 Å². The molecule has 0 aliphatic heterocycles. The minimum atomic E-state index is -0.121. The highest BCUT2D eigenvalue weighted by atomic mass is 32.2. The molecule has 1 atom stereocenters. The van der Waals surface area contributed by atoms with E-state index in [0.29, 0.717) is 6.04 Å². The Kier molecular flexibility index (Phi) is 4.97. The molecule has 0 saturated heterocycles. The number of nitrogens with one attached hydrogen (secondary N) is 1. The number of aliphatic hydroxyl groups is 1. The topological polar surface area (TPSA) is 58.0 Å². The van der Waals surface area contributed by atoms with E-state index in [1.165, 1.54) is 12.8 Å². The first-order valence-electron chi connectivity index (χ1n) is 6.49. The molecule has 4 nitrogen and oxygen atoms in total. The van der Waals surface area contributed by atoms with Crippen LogP contribution in [0.15, 0.2) is 23.6 Å². The van der Waals surface area contributed by atoms with Crippen molar-refractivity contribution in [2.45, 2.75) is 49.2 Å². The molecule has 2 rings (SSSR count). The van der Waals surface area contributed by atoms with Crippen molar-refractivity contribution in [1.29, 1.82) is 0 Å². The van der Waals surface area contributed by atoms with Crippen LogP contribution in [0.1, 0.15) is 32.6 Å². The van der Waals surface area contributed by atoms with Crippen LogP contribution in [0.2, 0.25) is 0 Å². The molecule has 1 aromatic rings. The molecular weight excluding hydrogens is 246 g/mol. The molecule has 0 radical (unpaired) electrons. The SMILES string of the molecule is CC(CO)(CCCSc1cnccn1)NC1CC1. The van der Waals surface area contributed by atoms with Gasteiger partial charge in [-0.1, -0.05) is 0 Å². The van der Waals surface area contributed by atoms with Crippen molar-refractivity contribution in [2.24, 2.45) is 0 Å². The van der Waals surface area contributed by atoms with Gasteiger partial charge in [0, 0.05) is 24.0 Å². The molecule has 1 saturated carbocycles. The van der Waals surface area contributed by atoms with Gasteiger partial charge in [-0.3, -0.25) is 4.98 Å². The van der Waals surface area contributed by atoms with E-state index >= 15 is 0 Å².